The van der Waals surface area contributed by atoms with Gasteiger partial charge in [-0.15, -0.1) is 0 Å². The van der Waals surface area contributed by atoms with Crippen molar-refractivity contribution >= 4 is 50.1 Å². The summed E-state index contributed by atoms with van der Waals surface area (Å²) < 4.78 is 0. The molecule has 0 aromatic heterocycles. The van der Waals surface area contributed by atoms with Gasteiger partial charge < -0.3 is 0 Å². The molecule has 0 saturated carbocycles. The normalized spacial score (nSPS) is 14.1. The average Bonchev–Trinajstić information content (AvgIpc) is 3.15. The molecule has 0 radical (unpaired) electrons. The maximum absolute atomic E-state index is 5.00. The molecule has 0 saturated heterocycles. The van der Waals surface area contributed by atoms with Gasteiger partial charge in [-0.25, -0.2) is 0 Å². The fourth-order valence-electron chi connectivity index (χ4n) is 1.86. The fourth-order valence-corrected chi connectivity index (χ4v) is 1.86. The van der Waals surface area contributed by atoms with Crippen molar-refractivity contribution in [1.82, 2.24) is 0 Å². The predicted octanol–water partition coefficient (Wildman–Crippen LogP) is 7.32. The van der Waals surface area contributed by atoms with Crippen LogP contribution in [0.15, 0.2) is 69.0 Å². The maximum atomic E-state index is 5.00. The van der Waals surface area contributed by atoms with Crippen LogP contribution in [0.3, 0.4) is 0 Å². The molecular formula is C14H12Cl4N4Ru. The van der Waals surface area contributed by atoms with E-state index in [-0.39, 0.29) is 0 Å². The number of hydrogen-bond donors (Lipinski definition) is 0. The molecule has 124 valence electrons. The molecule has 0 unspecified atom stereocenters. The Bertz CT molecular complexity index is 654. The number of rotatable bonds is 0. The Morgan fingerprint density at radius 2 is 1.00 bits per heavy atom. The third kappa shape index (κ3) is 7.23. The summed E-state index contributed by atoms with van der Waals surface area (Å²) in [6, 6.07) is 16.0. The number of halogens is 4. The van der Waals surface area contributed by atoms with Crippen molar-refractivity contribution < 1.29 is 10.8 Å². The molecule has 0 aliphatic carbocycles. The number of hydrogen-bond acceptors (Lipinski definition) is 4. The van der Waals surface area contributed by atoms with Crippen molar-refractivity contribution in [3.63, 3.8) is 0 Å². The van der Waals surface area contributed by atoms with E-state index in [4.69, 9.17) is 38.8 Å². The zero-order valence-corrected chi connectivity index (χ0v) is 16.4. The largest absolute Gasteiger partial charge is 0.184 e. The summed E-state index contributed by atoms with van der Waals surface area (Å²) in [7, 11) is 17.0. The second-order valence-electron chi connectivity index (χ2n) is 4.36. The van der Waals surface area contributed by atoms with E-state index in [9.17, 15) is 0 Å². The monoisotopic (exact) mass is 478 g/mol. The Morgan fingerprint density at radius 1 is 0.652 bits per heavy atom. The molecule has 23 heavy (non-hydrogen) atoms. The van der Waals surface area contributed by atoms with Gasteiger partial charge in [0.1, 0.15) is 0 Å². The number of fused-ring (bicyclic) bond motifs is 2. The van der Waals surface area contributed by atoms with Crippen LogP contribution < -0.4 is 0 Å². The van der Waals surface area contributed by atoms with Crippen LogP contribution >= 0.6 is 38.8 Å². The number of nitrogens with zero attached hydrogens (tertiary/aromatic N) is 4. The van der Waals surface area contributed by atoms with Crippen LogP contribution in [0.5, 0.6) is 0 Å². The summed E-state index contributed by atoms with van der Waals surface area (Å²) in [5.41, 5.74) is 4.52. The maximum Gasteiger partial charge on any atom is 0.0904 e. The molecule has 2 heterocycles. The smallest absolute Gasteiger partial charge is 0.0904 e. The van der Waals surface area contributed by atoms with E-state index in [2.05, 4.69) is 32.6 Å². The standard InChI is InChI=1S/2C7H6N2.4ClH.Ru/c2*1-2-4-7-6(3-1)5-8-9-7;;;;;/h2*1-4H,5H2;4*1H;/q;;;;;;+4/p-4. The van der Waals surface area contributed by atoms with Crippen LogP contribution in [0.2, 0.25) is 0 Å². The van der Waals surface area contributed by atoms with Crippen LogP contribution in [0.25, 0.3) is 0 Å². The van der Waals surface area contributed by atoms with Gasteiger partial charge in [-0.1, -0.05) is 36.4 Å². The molecule has 4 rings (SSSR count). The van der Waals surface area contributed by atoms with Crippen LogP contribution in [-0.4, -0.2) is 0 Å². The third-order valence-corrected chi connectivity index (χ3v) is 2.82. The molecule has 9 heteroatoms. The molecule has 0 N–H and O–H groups in total. The zero-order chi connectivity index (χ0) is 16.7. The van der Waals surface area contributed by atoms with Gasteiger partial charge in [0.05, 0.1) is 24.5 Å². The molecule has 2 aliphatic heterocycles. The summed E-state index contributed by atoms with van der Waals surface area (Å²) in [4.78, 5) is 0. The van der Waals surface area contributed by atoms with Crippen LogP contribution in [0.1, 0.15) is 11.1 Å². The molecule has 0 amide bonds. The van der Waals surface area contributed by atoms with E-state index in [0.29, 0.717) is 0 Å². The zero-order valence-electron chi connectivity index (χ0n) is 11.7. The van der Waals surface area contributed by atoms with Gasteiger partial charge in [-0.05, 0) is 12.1 Å². The molecular weight excluding hydrogens is 467 g/mol. The quantitative estimate of drug-likeness (QED) is 0.356. The van der Waals surface area contributed by atoms with E-state index in [0.717, 1.165) is 24.5 Å². The van der Waals surface area contributed by atoms with E-state index in [1.165, 1.54) is 11.1 Å². The second-order valence-corrected chi connectivity index (χ2v) is 20.2. The topological polar surface area (TPSA) is 49.4 Å². The molecule has 4 nitrogen and oxygen atoms in total. The van der Waals surface area contributed by atoms with Crippen molar-refractivity contribution in [3.05, 3.63) is 59.7 Å². The van der Waals surface area contributed by atoms with E-state index in [1.807, 2.05) is 36.4 Å². The van der Waals surface area contributed by atoms with Crippen molar-refractivity contribution in [2.24, 2.45) is 20.5 Å². The minimum atomic E-state index is -2.97. The van der Waals surface area contributed by atoms with Gasteiger partial charge in [0, 0.05) is 11.1 Å². The Morgan fingerprint density at radius 3 is 1.35 bits per heavy atom. The van der Waals surface area contributed by atoms with Crippen LogP contribution in [-0.2, 0) is 23.9 Å². The summed E-state index contributed by atoms with van der Waals surface area (Å²) in [5.74, 6) is 0. The van der Waals surface area contributed by atoms with E-state index >= 15 is 0 Å². The summed E-state index contributed by atoms with van der Waals surface area (Å²) in [6.45, 7) is 1.52. The minimum absolute atomic E-state index is 0.760. The van der Waals surface area contributed by atoms with E-state index in [1.54, 1.807) is 0 Å². The third-order valence-electron chi connectivity index (χ3n) is 2.82. The first-order chi connectivity index (χ1) is 10.9. The molecule has 0 bridgehead atoms. The van der Waals surface area contributed by atoms with Crippen molar-refractivity contribution in [2.45, 2.75) is 13.1 Å². The first-order valence-electron chi connectivity index (χ1n) is 6.38. The van der Waals surface area contributed by atoms with Crippen molar-refractivity contribution in [2.75, 3.05) is 0 Å². The van der Waals surface area contributed by atoms with Gasteiger partial charge in [-0.2, -0.15) is 20.5 Å². The van der Waals surface area contributed by atoms with Gasteiger partial charge >= 0.3 is 49.6 Å². The van der Waals surface area contributed by atoms with Gasteiger partial charge in [0.2, 0.25) is 0 Å². The number of azo groups is 2. The Balaban J connectivity index is 0.000000132. The SMILES string of the molecule is [Cl][Ru]([Cl])([Cl])[Cl].c1ccc2c(c1)CN=N2.c1ccc2c(c1)CN=N2. The molecule has 2 aromatic carbocycles. The first-order valence-corrected chi connectivity index (χ1v) is 15.3. The van der Waals surface area contributed by atoms with Crippen molar-refractivity contribution in [3.8, 4) is 0 Å². The molecule has 0 atom stereocenters. The fraction of sp³-hybridized carbons (Fsp3) is 0.143. The molecule has 0 spiro atoms. The van der Waals surface area contributed by atoms with Gasteiger partial charge in [0.25, 0.3) is 0 Å². The molecule has 2 aromatic rings. The van der Waals surface area contributed by atoms with E-state index < -0.39 is 10.8 Å². The molecule has 0 fully saturated rings. The Hall–Kier alpha value is -0.577. The van der Waals surface area contributed by atoms with Gasteiger partial charge in [0.15, 0.2) is 0 Å². The second kappa shape index (κ2) is 9.05. The summed E-state index contributed by atoms with van der Waals surface area (Å²) in [6.07, 6.45) is 0. The molecule has 2 aliphatic rings. The van der Waals surface area contributed by atoms with Crippen molar-refractivity contribution in [1.29, 1.82) is 0 Å². The summed E-state index contributed by atoms with van der Waals surface area (Å²) >= 11 is 0. The Labute approximate surface area is 153 Å². The predicted molar refractivity (Wildman–Crippen MR) is 92.7 cm³/mol. The van der Waals surface area contributed by atoms with Gasteiger partial charge in [-0.3, -0.25) is 0 Å². The minimum Gasteiger partial charge on any atom is -0.184 e. The van der Waals surface area contributed by atoms with Crippen LogP contribution in [0, 0.1) is 0 Å². The van der Waals surface area contributed by atoms with Crippen LogP contribution in [0.4, 0.5) is 11.4 Å². The summed E-state index contributed by atoms with van der Waals surface area (Å²) in [5, 5.41) is 15.6. The first kappa shape index (κ1) is 18.8. The average molecular weight is 479 g/mol. The number of benzene rings is 2. The Kier molecular flexibility index (Phi) is 7.38.